The van der Waals surface area contributed by atoms with E-state index in [2.05, 4.69) is 34.4 Å². The Labute approximate surface area is 334 Å². The van der Waals surface area contributed by atoms with Crippen LogP contribution in [0.5, 0.6) is 0 Å². The molecule has 0 saturated carbocycles. The van der Waals surface area contributed by atoms with Crippen LogP contribution in [0.4, 0.5) is 5.82 Å². The first-order chi connectivity index (χ1) is 26.9. The van der Waals surface area contributed by atoms with Gasteiger partial charge in [-0.05, 0) is 12.5 Å². The number of imidazole rings is 1. The van der Waals surface area contributed by atoms with Crippen LogP contribution in [0.25, 0.3) is 11.2 Å². The molecule has 3 heterocycles. The first kappa shape index (κ1) is 49.2. The summed E-state index contributed by atoms with van der Waals surface area (Å²) in [5, 5.41) is 35.6. The summed E-state index contributed by atoms with van der Waals surface area (Å²) in [7, 11) is -16.4. The van der Waals surface area contributed by atoms with Gasteiger partial charge in [0.2, 0.25) is 16.9 Å². The van der Waals surface area contributed by atoms with E-state index >= 15 is 0 Å². The van der Waals surface area contributed by atoms with Crippen molar-refractivity contribution in [1.82, 2.24) is 30.2 Å². The van der Waals surface area contributed by atoms with Gasteiger partial charge in [-0.2, -0.15) is 4.31 Å². The molecule has 1 fully saturated rings. The molecule has 0 aliphatic carbocycles. The fourth-order valence-electron chi connectivity index (χ4n) is 4.86. The van der Waals surface area contributed by atoms with Crippen LogP contribution >= 0.6 is 35.2 Å². The van der Waals surface area contributed by atoms with E-state index < -0.39 is 89.7 Å². The van der Waals surface area contributed by atoms with Crippen LogP contribution in [-0.2, 0) is 50.7 Å². The lowest BCUT2D eigenvalue weighted by atomic mass is 9.87. The van der Waals surface area contributed by atoms with Crippen molar-refractivity contribution in [2.24, 2.45) is 5.41 Å². The number of aliphatic hydroxyl groups excluding tert-OH is 3. The fourth-order valence-corrected chi connectivity index (χ4v) is 8.30. The summed E-state index contributed by atoms with van der Waals surface area (Å²) in [4.78, 5) is 87.5. The lowest BCUT2D eigenvalue weighted by Gasteiger charge is -2.30. The molecule has 0 spiro atoms. The summed E-state index contributed by atoms with van der Waals surface area (Å²) in [6.07, 6.45) is -1.20. The molecule has 1 saturated heterocycles. The van der Waals surface area contributed by atoms with Gasteiger partial charge in [0.25, 0.3) is 0 Å². The number of phosphoric acid groups is 3. The van der Waals surface area contributed by atoms with Crippen LogP contribution in [0.1, 0.15) is 46.3 Å². The molecule has 1 aliphatic rings. The number of anilines is 1. The predicted molar refractivity (Wildman–Crippen MR) is 202 cm³/mol. The standard InChI is InChI=1S/C29H46N7O18P3S/c1-4-5-6-7-17(37)12-20(39)58-11-10-31-19(38)8-9-32-27(42)24(41)29(2,3)14-51-57(48,49)54-56(46,47)50-13-18-23(53-55(43,44)45)22(40)28(52-18)36-16-35-21-25(30)33-15-34-26(21)36/h6-7,12,15-16,18,22-24,28,37,40-41H,4-5,8-11,13-14H2,1-3H3,(H,31,38)(H,32,42)(H,46,47)(H,48,49)(H2,30,33,34)(H2,43,44,45)/b7-6+,17-12-. The Balaban J connectivity index is 1.47. The second-order valence-corrected chi connectivity index (χ2v) is 18.3. The number of allylic oxidation sites excluding steroid dienone is 2. The number of thioether (sulfide) groups is 1. The number of hydrogen-bond donors (Lipinski definition) is 10. The number of aromatic nitrogens is 4. The van der Waals surface area contributed by atoms with E-state index in [4.69, 9.17) is 19.5 Å². The highest BCUT2D eigenvalue weighted by molar-refractivity contribution is 8.14. The maximum absolute atomic E-state index is 12.7. The highest BCUT2D eigenvalue weighted by atomic mass is 32.2. The third-order valence-electron chi connectivity index (χ3n) is 7.76. The second-order valence-electron chi connectivity index (χ2n) is 13.0. The summed E-state index contributed by atoms with van der Waals surface area (Å²) in [5.74, 6) is -1.53. The Kier molecular flexibility index (Phi) is 18.1. The van der Waals surface area contributed by atoms with Crippen molar-refractivity contribution in [3.63, 3.8) is 0 Å². The maximum Gasteiger partial charge on any atom is 0.481 e. The second kappa shape index (κ2) is 21.4. The largest absolute Gasteiger partial charge is 0.508 e. The molecule has 1 aliphatic heterocycles. The van der Waals surface area contributed by atoms with E-state index in [1.54, 1.807) is 6.08 Å². The Hall–Kier alpha value is -3.16. The summed E-state index contributed by atoms with van der Waals surface area (Å²) >= 11 is 0.867. The van der Waals surface area contributed by atoms with E-state index in [-0.39, 0.29) is 48.0 Å². The molecule has 3 rings (SSSR count). The molecule has 326 valence electrons. The van der Waals surface area contributed by atoms with Gasteiger partial charge in [0.1, 0.15) is 42.0 Å². The summed E-state index contributed by atoms with van der Waals surface area (Å²) in [6, 6.07) is 0. The molecule has 0 radical (unpaired) electrons. The van der Waals surface area contributed by atoms with Gasteiger partial charge in [-0.25, -0.2) is 28.6 Å². The molecule has 0 bridgehead atoms. The minimum atomic E-state index is -5.58. The number of hydrogen-bond acceptors (Lipinski definition) is 19. The number of rotatable bonds is 23. The third-order valence-corrected chi connectivity index (χ3v) is 11.7. The quantitative estimate of drug-likeness (QED) is 0.0238. The van der Waals surface area contributed by atoms with Crippen molar-refractivity contribution < 1.29 is 85.6 Å². The number of nitrogen functional groups attached to an aromatic ring is 1. The average molecular weight is 906 g/mol. The van der Waals surface area contributed by atoms with Crippen molar-refractivity contribution >= 4 is 69.1 Å². The first-order valence-corrected chi connectivity index (χ1v) is 22.6. The molecular formula is C29H46N7O18P3S. The summed E-state index contributed by atoms with van der Waals surface area (Å²) in [6.45, 7) is 2.26. The van der Waals surface area contributed by atoms with E-state index in [1.165, 1.54) is 19.9 Å². The van der Waals surface area contributed by atoms with Crippen molar-refractivity contribution in [3.8, 4) is 0 Å². The van der Waals surface area contributed by atoms with Crippen LogP contribution in [0.2, 0.25) is 0 Å². The zero-order valence-corrected chi connectivity index (χ0v) is 34.7. The van der Waals surface area contributed by atoms with Crippen molar-refractivity contribution in [2.75, 3.05) is 37.8 Å². The first-order valence-electron chi connectivity index (χ1n) is 17.1. The lowest BCUT2D eigenvalue weighted by molar-refractivity contribution is -0.137. The number of fused-ring (bicyclic) bond motifs is 1. The predicted octanol–water partition coefficient (Wildman–Crippen LogP) is 0.463. The number of unbranched alkanes of at least 4 members (excludes halogenated alkanes) is 1. The Morgan fingerprint density at radius 2 is 1.78 bits per heavy atom. The molecule has 11 N–H and O–H groups in total. The molecule has 7 unspecified atom stereocenters. The van der Waals surface area contributed by atoms with E-state index in [0.717, 1.165) is 47.9 Å². The number of carbonyl (C=O) groups excluding carboxylic acids is 3. The Morgan fingerprint density at radius 1 is 1.09 bits per heavy atom. The van der Waals surface area contributed by atoms with Gasteiger partial charge in [-0.15, -0.1) is 0 Å². The number of carbonyl (C=O) groups is 3. The molecule has 7 atom stereocenters. The molecule has 2 amide bonds. The summed E-state index contributed by atoms with van der Waals surface area (Å²) < 4.78 is 62.1. The fraction of sp³-hybridized carbons (Fsp3) is 0.586. The molecule has 2 aromatic heterocycles. The normalized spacial score (nSPS) is 21.8. The Morgan fingerprint density at radius 3 is 2.45 bits per heavy atom. The molecule has 29 heteroatoms. The van der Waals surface area contributed by atoms with Crippen molar-refractivity contribution in [1.29, 1.82) is 0 Å². The monoisotopic (exact) mass is 905 g/mol. The zero-order chi connectivity index (χ0) is 43.5. The average Bonchev–Trinajstić information content (AvgIpc) is 3.68. The Bertz CT molecular complexity index is 1960. The van der Waals surface area contributed by atoms with Gasteiger partial charge in [0.15, 0.2) is 17.7 Å². The van der Waals surface area contributed by atoms with Crippen LogP contribution in [0.3, 0.4) is 0 Å². The number of ether oxygens (including phenoxy) is 1. The van der Waals surface area contributed by atoms with Gasteiger partial charge in [0.05, 0.1) is 19.5 Å². The number of phosphoric ester groups is 3. The highest BCUT2D eigenvalue weighted by Crippen LogP contribution is 2.61. The smallest absolute Gasteiger partial charge is 0.481 e. The van der Waals surface area contributed by atoms with Crippen LogP contribution < -0.4 is 16.4 Å². The molecular weight excluding hydrogens is 859 g/mol. The van der Waals surface area contributed by atoms with E-state index in [1.807, 2.05) is 6.92 Å². The topological polar surface area (TPSA) is 384 Å². The maximum atomic E-state index is 12.7. The SMILES string of the molecule is CCC/C=C/C(O)=C/C(=O)SCCNC(=O)CCNC(=O)C(O)C(C)(C)COP(=O)(O)OP(=O)(O)OCC1OC(n2cnc3c(N)ncnc32)C(O)C1OP(=O)(O)O. The third kappa shape index (κ3) is 15.5. The van der Waals surface area contributed by atoms with Gasteiger partial charge in [0, 0.05) is 36.8 Å². The van der Waals surface area contributed by atoms with Crippen LogP contribution in [0.15, 0.2) is 36.6 Å². The molecule has 2 aromatic rings. The highest BCUT2D eigenvalue weighted by Gasteiger charge is 2.50. The van der Waals surface area contributed by atoms with Gasteiger partial charge < -0.3 is 56.0 Å². The molecule has 25 nitrogen and oxygen atoms in total. The zero-order valence-electron chi connectivity index (χ0n) is 31.2. The minimum absolute atomic E-state index is 0.0242. The number of amides is 2. The number of aliphatic hydroxyl groups is 3. The van der Waals surface area contributed by atoms with Crippen LogP contribution in [0, 0.1) is 5.41 Å². The number of nitrogens with zero attached hydrogens (tertiary/aromatic N) is 4. The summed E-state index contributed by atoms with van der Waals surface area (Å²) in [5.41, 5.74) is 4.23. The van der Waals surface area contributed by atoms with Gasteiger partial charge >= 0.3 is 23.5 Å². The molecule has 0 aromatic carbocycles. The van der Waals surface area contributed by atoms with Gasteiger partial charge in [-0.1, -0.05) is 45.0 Å². The van der Waals surface area contributed by atoms with E-state index in [0.29, 0.717) is 0 Å². The number of nitrogens with two attached hydrogens (primary N) is 1. The lowest BCUT2D eigenvalue weighted by Crippen LogP contribution is -2.46. The van der Waals surface area contributed by atoms with Crippen LogP contribution in [-0.4, -0.2) is 128 Å². The minimum Gasteiger partial charge on any atom is -0.508 e. The van der Waals surface area contributed by atoms with Crippen molar-refractivity contribution in [2.45, 2.75) is 70.7 Å². The van der Waals surface area contributed by atoms with E-state index in [9.17, 15) is 63.0 Å². The van der Waals surface area contributed by atoms with Gasteiger partial charge in [-0.3, -0.25) is 32.5 Å². The number of nitrogens with one attached hydrogen (secondary N) is 2. The van der Waals surface area contributed by atoms with Crippen molar-refractivity contribution in [3.05, 3.63) is 36.6 Å². The molecule has 58 heavy (non-hydrogen) atoms.